The summed E-state index contributed by atoms with van der Waals surface area (Å²) >= 11 is 1.92. The molecule has 0 amide bonds. The van der Waals surface area contributed by atoms with E-state index in [1.165, 1.54) is 6.42 Å². The number of furan rings is 1. The Morgan fingerprint density at radius 2 is 2.43 bits per heavy atom. The van der Waals surface area contributed by atoms with Crippen LogP contribution in [0.2, 0.25) is 0 Å². The minimum atomic E-state index is 0.188. The van der Waals surface area contributed by atoms with E-state index in [0.29, 0.717) is 5.25 Å². The van der Waals surface area contributed by atoms with Crippen LogP contribution < -0.4 is 11.3 Å². The van der Waals surface area contributed by atoms with Crippen LogP contribution in [0.3, 0.4) is 0 Å². The highest BCUT2D eigenvalue weighted by Crippen LogP contribution is 2.22. The second kappa shape index (κ2) is 6.11. The SMILES string of the molecule is CCC(C)SCC(NN)c1ccoc1. The minimum Gasteiger partial charge on any atom is -0.472 e. The Kier molecular flexibility index (Phi) is 5.07. The van der Waals surface area contributed by atoms with Crippen molar-refractivity contribution in [2.45, 2.75) is 31.6 Å². The van der Waals surface area contributed by atoms with Crippen LogP contribution in [0.5, 0.6) is 0 Å². The van der Waals surface area contributed by atoms with E-state index in [4.69, 9.17) is 10.3 Å². The summed E-state index contributed by atoms with van der Waals surface area (Å²) in [5.41, 5.74) is 3.92. The van der Waals surface area contributed by atoms with Crippen LogP contribution in [-0.2, 0) is 0 Å². The van der Waals surface area contributed by atoms with E-state index in [2.05, 4.69) is 19.3 Å². The summed E-state index contributed by atoms with van der Waals surface area (Å²) in [4.78, 5) is 0. The van der Waals surface area contributed by atoms with Gasteiger partial charge in [-0.1, -0.05) is 13.8 Å². The summed E-state index contributed by atoms with van der Waals surface area (Å²) in [6.07, 6.45) is 4.60. The maximum Gasteiger partial charge on any atom is 0.0951 e. The smallest absolute Gasteiger partial charge is 0.0951 e. The lowest BCUT2D eigenvalue weighted by atomic mass is 10.2. The molecule has 2 unspecified atom stereocenters. The van der Waals surface area contributed by atoms with E-state index in [0.717, 1.165) is 11.3 Å². The van der Waals surface area contributed by atoms with Gasteiger partial charge in [0.1, 0.15) is 0 Å². The van der Waals surface area contributed by atoms with E-state index in [-0.39, 0.29) is 6.04 Å². The molecule has 0 aliphatic carbocycles. The summed E-state index contributed by atoms with van der Waals surface area (Å²) in [5.74, 6) is 6.46. The molecule has 1 heterocycles. The first kappa shape index (κ1) is 11.6. The third-order valence-electron chi connectivity index (χ3n) is 2.27. The fraction of sp³-hybridized carbons (Fsp3) is 0.600. The first-order valence-electron chi connectivity index (χ1n) is 4.87. The fourth-order valence-corrected chi connectivity index (χ4v) is 2.14. The Morgan fingerprint density at radius 3 is 2.93 bits per heavy atom. The topological polar surface area (TPSA) is 51.2 Å². The second-order valence-electron chi connectivity index (χ2n) is 3.33. The van der Waals surface area contributed by atoms with Crippen molar-refractivity contribution in [1.82, 2.24) is 5.43 Å². The average molecular weight is 214 g/mol. The molecule has 1 aromatic rings. The molecule has 0 radical (unpaired) electrons. The Balaban J connectivity index is 2.40. The number of hydrazine groups is 1. The van der Waals surface area contributed by atoms with Crippen LogP contribution in [0.25, 0.3) is 0 Å². The zero-order chi connectivity index (χ0) is 10.4. The quantitative estimate of drug-likeness (QED) is 0.563. The molecule has 0 saturated heterocycles. The number of nitrogens with one attached hydrogen (secondary N) is 1. The average Bonchev–Trinajstić information content (AvgIpc) is 2.72. The van der Waals surface area contributed by atoms with E-state index in [1.807, 2.05) is 17.8 Å². The zero-order valence-corrected chi connectivity index (χ0v) is 9.51. The molecule has 0 aromatic carbocycles. The molecular weight excluding hydrogens is 196 g/mol. The van der Waals surface area contributed by atoms with Gasteiger partial charge in [-0.3, -0.25) is 11.3 Å². The summed E-state index contributed by atoms with van der Waals surface area (Å²) in [6.45, 7) is 4.42. The Labute approximate surface area is 89.4 Å². The number of nitrogens with two attached hydrogens (primary N) is 1. The molecule has 3 N–H and O–H groups in total. The first-order chi connectivity index (χ1) is 6.77. The second-order valence-corrected chi connectivity index (χ2v) is 4.80. The highest BCUT2D eigenvalue weighted by molar-refractivity contribution is 7.99. The van der Waals surface area contributed by atoms with Crippen molar-refractivity contribution in [3.05, 3.63) is 24.2 Å². The zero-order valence-electron chi connectivity index (χ0n) is 8.69. The molecule has 1 aromatic heterocycles. The molecule has 14 heavy (non-hydrogen) atoms. The maximum atomic E-state index is 5.49. The molecule has 0 spiro atoms. The van der Waals surface area contributed by atoms with Crippen LogP contribution >= 0.6 is 11.8 Å². The van der Waals surface area contributed by atoms with Crippen LogP contribution in [0.1, 0.15) is 31.9 Å². The van der Waals surface area contributed by atoms with Gasteiger partial charge in [0, 0.05) is 16.6 Å². The Hall–Kier alpha value is -0.450. The van der Waals surface area contributed by atoms with Crippen LogP contribution in [0, 0.1) is 0 Å². The monoisotopic (exact) mass is 214 g/mol. The minimum absolute atomic E-state index is 0.188. The van der Waals surface area contributed by atoms with Gasteiger partial charge in [-0.25, -0.2) is 0 Å². The summed E-state index contributed by atoms with van der Waals surface area (Å²) in [5, 5.41) is 0.678. The first-order valence-corrected chi connectivity index (χ1v) is 5.92. The number of thioether (sulfide) groups is 1. The molecular formula is C10H18N2OS. The largest absolute Gasteiger partial charge is 0.472 e. The summed E-state index contributed by atoms with van der Waals surface area (Å²) in [6, 6.07) is 2.13. The van der Waals surface area contributed by atoms with Crippen molar-refractivity contribution < 1.29 is 4.42 Å². The normalized spacial score (nSPS) is 15.4. The van der Waals surface area contributed by atoms with Gasteiger partial charge in [0.05, 0.1) is 18.6 Å². The van der Waals surface area contributed by atoms with Gasteiger partial charge < -0.3 is 4.42 Å². The lowest BCUT2D eigenvalue weighted by Crippen LogP contribution is -2.29. The van der Waals surface area contributed by atoms with Crippen molar-refractivity contribution >= 4 is 11.8 Å². The lowest BCUT2D eigenvalue weighted by Gasteiger charge is -2.16. The predicted molar refractivity (Wildman–Crippen MR) is 61.0 cm³/mol. The van der Waals surface area contributed by atoms with Gasteiger partial charge in [-0.05, 0) is 12.5 Å². The van der Waals surface area contributed by atoms with Gasteiger partial charge in [-0.15, -0.1) is 0 Å². The Bertz CT molecular complexity index is 238. The Morgan fingerprint density at radius 1 is 1.64 bits per heavy atom. The predicted octanol–water partition coefficient (Wildman–Crippen LogP) is 2.32. The van der Waals surface area contributed by atoms with Crippen LogP contribution in [0.15, 0.2) is 23.0 Å². The molecule has 0 aliphatic rings. The van der Waals surface area contributed by atoms with Gasteiger partial charge in [0.25, 0.3) is 0 Å². The van der Waals surface area contributed by atoms with Gasteiger partial charge in [0.2, 0.25) is 0 Å². The molecule has 0 fully saturated rings. The molecule has 0 bridgehead atoms. The van der Waals surface area contributed by atoms with Gasteiger partial charge >= 0.3 is 0 Å². The molecule has 0 saturated carbocycles. The standard InChI is InChI=1S/C10H18N2OS/c1-3-8(2)14-7-10(12-11)9-4-5-13-6-9/h4-6,8,10,12H,3,7,11H2,1-2H3. The fourth-order valence-electron chi connectivity index (χ4n) is 1.09. The summed E-state index contributed by atoms with van der Waals surface area (Å²) < 4.78 is 5.03. The highest BCUT2D eigenvalue weighted by atomic mass is 32.2. The molecule has 4 heteroatoms. The van der Waals surface area contributed by atoms with Crippen molar-refractivity contribution in [3.8, 4) is 0 Å². The molecule has 80 valence electrons. The van der Waals surface area contributed by atoms with Crippen molar-refractivity contribution in [1.29, 1.82) is 0 Å². The van der Waals surface area contributed by atoms with Crippen LogP contribution in [0.4, 0.5) is 0 Å². The van der Waals surface area contributed by atoms with E-state index in [9.17, 15) is 0 Å². The lowest BCUT2D eigenvalue weighted by molar-refractivity contribution is 0.548. The third kappa shape index (κ3) is 3.36. The van der Waals surface area contributed by atoms with E-state index < -0.39 is 0 Å². The maximum absolute atomic E-state index is 5.49. The van der Waals surface area contributed by atoms with E-state index in [1.54, 1.807) is 12.5 Å². The van der Waals surface area contributed by atoms with Crippen molar-refractivity contribution in [3.63, 3.8) is 0 Å². The number of hydrogen-bond donors (Lipinski definition) is 2. The number of rotatable bonds is 6. The van der Waals surface area contributed by atoms with Crippen LogP contribution in [-0.4, -0.2) is 11.0 Å². The van der Waals surface area contributed by atoms with E-state index >= 15 is 0 Å². The van der Waals surface area contributed by atoms with Crippen molar-refractivity contribution in [2.75, 3.05) is 5.75 Å². The number of hydrogen-bond acceptors (Lipinski definition) is 4. The summed E-state index contributed by atoms with van der Waals surface area (Å²) in [7, 11) is 0. The van der Waals surface area contributed by atoms with Crippen molar-refractivity contribution in [2.24, 2.45) is 5.84 Å². The van der Waals surface area contributed by atoms with Gasteiger partial charge in [0.15, 0.2) is 0 Å². The molecule has 1 rings (SSSR count). The molecule has 2 atom stereocenters. The van der Waals surface area contributed by atoms with Gasteiger partial charge in [-0.2, -0.15) is 11.8 Å². The highest BCUT2D eigenvalue weighted by Gasteiger charge is 2.12. The third-order valence-corrected chi connectivity index (χ3v) is 3.70. The molecule has 3 nitrogen and oxygen atoms in total. The molecule has 0 aliphatic heterocycles.